The zero-order valence-electron chi connectivity index (χ0n) is 19.6. The molecule has 186 valence electrons. The van der Waals surface area contributed by atoms with Crippen molar-refractivity contribution in [3.63, 3.8) is 0 Å². The minimum atomic E-state index is -1.66. The molecule has 11 heteroatoms. The SMILES string of the molecule is C/C(=N/N1C(=Nc2ccccc2F)SC[C@@]1(O)c1ccc([N+](=O)[O-])cc1)c1ccc(-n2ccnc2)cc1. The number of hydrogen-bond acceptors (Lipinski definition) is 7. The lowest BCUT2D eigenvalue weighted by Crippen LogP contribution is -2.42. The first-order valence-corrected chi connectivity index (χ1v) is 12.2. The van der Waals surface area contributed by atoms with Gasteiger partial charge >= 0.3 is 0 Å². The fourth-order valence-corrected chi connectivity index (χ4v) is 4.94. The van der Waals surface area contributed by atoms with E-state index in [9.17, 15) is 19.6 Å². The molecule has 0 saturated carbocycles. The van der Waals surface area contributed by atoms with Crippen LogP contribution in [-0.4, -0.2) is 41.2 Å². The normalized spacial score (nSPS) is 18.9. The maximum Gasteiger partial charge on any atom is 0.269 e. The Morgan fingerprint density at radius 3 is 2.51 bits per heavy atom. The van der Waals surface area contributed by atoms with Crippen molar-refractivity contribution in [3.05, 3.63) is 119 Å². The van der Waals surface area contributed by atoms with Crippen LogP contribution >= 0.6 is 11.8 Å². The standard InChI is InChI=1S/C26H21FN6O3S/c1-18(19-6-10-21(11-7-19)31-15-14-28-17-31)30-32-25(29-24-5-3-2-4-23(24)27)37-16-26(32,34)20-8-12-22(13-9-20)33(35)36/h2-15,17,34H,16H2,1H3/b29-25?,30-18-/t26-/m1/s1. The van der Waals surface area contributed by atoms with Gasteiger partial charge in [-0.2, -0.15) is 5.10 Å². The number of nitro groups is 1. The Labute approximate surface area is 215 Å². The Morgan fingerprint density at radius 1 is 1.14 bits per heavy atom. The van der Waals surface area contributed by atoms with E-state index in [1.807, 2.05) is 35.0 Å². The average Bonchev–Trinajstić information content (AvgIpc) is 3.56. The lowest BCUT2D eigenvalue weighted by molar-refractivity contribution is -0.384. The Kier molecular flexibility index (Phi) is 6.55. The molecule has 1 atom stereocenters. The number of hydrogen-bond donors (Lipinski definition) is 1. The summed E-state index contributed by atoms with van der Waals surface area (Å²) < 4.78 is 16.3. The summed E-state index contributed by atoms with van der Waals surface area (Å²) in [7, 11) is 0. The molecule has 5 rings (SSSR count). The lowest BCUT2D eigenvalue weighted by Gasteiger charge is -2.31. The monoisotopic (exact) mass is 516 g/mol. The van der Waals surface area contributed by atoms with Crippen LogP contribution in [0.4, 0.5) is 15.8 Å². The number of aliphatic imine (C=N–C) groups is 1. The Hall–Kier alpha value is -4.35. The van der Waals surface area contributed by atoms with Crippen LogP contribution < -0.4 is 0 Å². The number of hydrazone groups is 1. The van der Waals surface area contributed by atoms with Crippen molar-refractivity contribution in [3.8, 4) is 5.69 Å². The molecule has 1 fully saturated rings. The first-order valence-electron chi connectivity index (χ1n) is 11.2. The Bertz CT molecular complexity index is 1490. The molecule has 3 aromatic carbocycles. The van der Waals surface area contributed by atoms with Crippen molar-refractivity contribution in [1.82, 2.24) is 14.6 Å². The van der Waals surface area contributed by atoms with Crippen LogP contribution in [0.2, 0.25) is 0 Å². The molecule has 0 unspecified atom stereocenters. The number of amidine groups is 1. The number of thioether (sulfide) groups is 1. The van der Waals surface area contributed by atoms with E-state index in [-0.39, 0.29) is 17.1 Å². The van der Waals surface area contributed by atoms with Crippen molar-refractivity contribution in [2.24, 2.45) is 10.1 Å². The van der Waals surface area contributed by atoms with Crippen LogP contribution in [0.15, 0.2) is 102 Å². The van der Waals surface area contributed by atoms with E-state index >= 15 is 0 Å². The highest BCUT2D eigenvalue weighted by Crippen LogP contribution is 2.41. The fraction of sp³-hybridized carbons (Fsp3) is 0.115. The van der Waals surface area contributed by atoms with E-state index in [1.54, 1.807) is 31.6 Å². The van der Waals surface area contributed by atoms with Gasteiger partial charge < -0.3 is 9.67 Å². The number of para-hydroxylation sites is 1. The number of non-ortho nitro benzene ring substituents is 1. The summed E-state index contributed by atoms with van der Waals surface area (Å²) in [6, 6.07) is 19.4. The molecule has 9 nitrogen and oxygen atoms in total. The molecule has 0 radical (unpaired) electrons. The van der Waals surface area contributed by atoms with Gasteiger partial charge in [-0.3, -0.25) is 10.1 Å². The van der Waals surface area contributed by atoms with Crippen molar-refractivity contribution in [2.45, 2.75) is 12.6 Å². The molecule has 0 bridgehead atoms. The number of halogens is 1. The van der Waals surface area contributed by atoms with Crippen LogP contribution in [0.3, 0.4) is 0 Å². The van der Waals surface area contributed by atoms with E-state index in [1.165, 1.54) is 53.2 Å². The molecule has 1 aliphatic rings. The van der Waals surface area contributed by atoms with Gasteiger partial charge in [-0.05, 0) is 48.9 Å². The predicted molar refractivity (Wildman–Crippen MR) is 141 cm³/mol. The van der Waals surface area contributed by atoms with Gasteiger partial charge in [0, 0.05) is 35.8 Å². The van der Waals surface area contributed by atoms with Crippen LogP contribution in [-0.2, 0) is 5.72 Å². The van der Waals surface area contributed by atoms with Crippen LogP contribution in [0.25, 0.3) is 5.69 Å². The van der Waals surface area contributed by atoms with E-state index in [2.05, 4.69) is 9.98 Å². The highest BCUT2D eigenvalue weighted by Gasteiger charge is 2.46. The molecular weight excluding hydrogens is 495 g/mol. The van der Waals surface area contributed by atoms with Crippen molar-refractivity contribution in [1.29, 1.82) is 0 Å². The van der Waals surface area contributed by atoms with Gasteiger partial charge in [-0.25, -0.2) is 19.4 Å². The van der Waals surface area contributed by atoms with Crippen LogP contribution in [0, 0.1) is 15.9 Å². The molecule has 2 heterocycles. The first-order chi connectivity index (χ1) is 17.8. The van der Waals surface area contributed by atoms with Crippen molar-refractivity contribution < 1.29 is 14.4 Å². The molecule has 1 aromatic heterocycles. The van der Waals surface area contributed by atoms with Gasteiger partial charge in [0.15, 0.2) is 10.9 Å². The highest BCUT2D eigenvalue weighted by molar-refractivity contribution is 8.14. The highest BCUT2D eigenvalue weighted by atomic mass is 32.2. The quantitative estimate of drug-likeness (QED) is 0.214. The second-order valence-corrected chi connectivity index (χ2v) is 9.21. The zero-order chi connectivity index (χ0) is 26.0. The summed E-state index contributed by atoms with van der Waals surface area (Å²) in [4.78, 5) is 19.1. The largest absolute Gasteiger partial charge is 0.365 e. The molecule has 1 N–H and O–H groups in total. The molecule has 0 aliphatic carbocycles. The molecule has 1 saturated heterocycles. The Morgan fingerprint density at radius 2 is 1.86 bits per heavy atom. The van der Waals surface area contributed by atoms with Gasteiger partial charge in [0.05, 0.1) is 22.7 Å². The topological polar surface area (TPSA) is 109 Å². The number of nitrogens with zero attached hydrogens (tertiary/aromatic N) is 6. The van der Waals surface area contributed by atoms with Gasteiger partial charge in [0.25, 0.3) is 5.69 Å². The first kappa shape index (κ1) is 24.3. The molecule has 0 amide bonds. The summed E-state index contributed by atoms with van der Waals surface area (Å²) in [5.41, 5.74) is 1.06. The second kappa shape index (κ2) is 9.96. The van der Waals surface area contributed by atoms with E-state index in [0.29, 0.717) is 16.4 Å². The van der Waals surface area contributed by atoms with E-state index in [4.69, 9.17) is 5.10 Å². The summed E-state index contributed by atoms with van der Waals surface area (Å²) in [6.45, 7) is 1.80. The number of aromatic nitrogens is 2. The number of rotatable bonds is 6. The lowest BCUT2D eigenvalue weighted by atomic mass is 10.0. The number of aliphatic hydroxyl groups is 1. The third-order valence-corrected chi connectivity index (χ3v) is 6.95. The summed E-state index contributed by atoms with van der Waals surface area (Å²) in [5, 5.41) is 29.2. The number of nitro benzene ring substituents is 1. The third-order valence-electron chi connectivity index (χ3n) is 5.88. The second-order valence-electron chi connectivity index (χ2n) is 8.27. The Balaban J connectivity index is 1.55. The molecule has 4 aromatic rings. The summed E-state index contributed by atoms with van der Waals surface area (Å²) >= 11 is 1.21. The fourth-order valence-electron chi connectivity index (χ4n) is 3.85. The van der Waals surface area contributed by atoms with Gasteiger partial charge in [0.1, 0.15) is 11.5 Å². The van der Waals surface area contributed by atoms with E-state index in [0.717, 1.165) is 11.3 Å². The molecule has 0 spiro atoms. The van der Waals surface area contributed by atoms with Crippen molar-refractivity contribution in [2.75, 3.05) is 5.75 Å². The molecule has 37 heavy (non-hydrogen) atoms. The van der Waals surface area contributed by atoms with Gasteiger partial charge in [-0.1, -0.05) is 36.0 Å². The molecule has 1 aliphatic heterocycles. The number of benzene rings is 3. The summed E-state index contributed by atoms with van der Waals surface area (Å²) in [6.07, 6.45) is 5.24. The zero-order valence-corrected chi connectivity index (χ0v) is 20.4. The molecular formula is C26H21FN6O3S. The van der Waals surface area contributed by atoms with Gasteiger partial charge in [-0.15, -0.1) is 0 Å². The van der Waals surface area contributed by atoms with Gasteiger partial charge in [0.2, 0.25) is 0 Å². The van der Waals surface area contributed by atoms with Crippen molar-refractivity contribution >= 4 is 34.0 Å². The van der Waals surface area contributed by atoms with Crippen LogP contribution in [0.1, 0.15) is 18.1 Å². The minimum absolute atomic E-state index is 0.0949. The predicted octanol–water partition coefficient (Wildman–Crippen LogP) is 5.23. The smallest absolute Gasteiger partial charge is 0.269 e. The number of imidazole rings is 1. The van der Waals surface area contributed by atoms with E-state index < -0.39 is 16.5 Å². The summed E-state index contributed by atoms with van der Waals surface area (Å²) in [5.74, 6) is -0.369. The minimum Gasteiger partial charge on any atom is -0.365 e. The average molecular weight is 517 g/mol. The maximum atomic E-state index is 14.4. The maximum absolute atomic E-state index is 14.4. The third kappa shape index (κ3) is 4.86. The van der Waals surface area contributed by atoms with Crippen LogP contribution in [0.5, 0.6) is 0 Å².